The summed E-state index contributed by atoms with van der Waals surface area (Å²) in [5.74, 6) is 0. The van der Waals surface area contributed by atoms with Crippen LogP contribution in [0.15, 0.2) is 42.0 Å². The van der Waals surface area contributed by atoms with Crippen LogP contribution < -0.4 is 10.6 Å². The lowest BCUT2D eigenvalue weighted by Crippen LogP contribution is -2.40. The fourth-order valence-corrected chi connectivity index (χ4v) is 3.26. The summed E-state index contributed by atoms with van der Waals surface area (Å²) >= 11 is 1.44. The summed E-state index contributed by atoms with van der Waals surface area (Å²) < 4.78 is 10.4. The van der Waals surface area contributed by atoms with Crippen LogP contribution in [0.4, 0.5) is 9.59 Å². The van der Waals surface area contributed by atoms with Crippen molar-refractivity contribution in [1.29, 1.82) is 0 Å². The molecule has 1 heterocycles. The molecule has 29 heavy (non-hydrogen) atoms. The van der Waals surface area contributed by atoms with E-state index in [1.165, 1.54) is 11.3 Å². The molecule has 2 N–H and O–H groups in total. The number of carbonyl (C=O) groups excluding carboxylic acids is 2. The van der Waals surface area contributed by atoms with E-state index in [4.69, 9.17) is 9.47 Å². The van der Waals surface area contributed by atoms with E-state index in [-0.39, 0.29) is 24.8 Å². The molecule has 0 saturated carbocycles. The van der Waals surface area contributed by atoms with E-state index in [0.29, 0.717) is 19.3 Å². The summed E-state index contributed by atoms with van der Waals surface area (Å²) in [5.41, 5.74) is 2.83. The first-order chi connectivity index (χ1) is 13.9. The molecule has 1 aromatic heterocycles. The van der Waals surface area contributed by atoms with Crippen molar-refractivity contribution in [3.63, 3.8) is 0 Å². The SMILES string of the molecule is CC(C)OC(=O)N[C@H](CC[C@H](C)NC(=O)OCc1cncs1)Cc1ccccc1. The number of hydrogen-bond donors (Lipinski definition) is 2. The van der Waals surface area contributed by atoms with Gasteiger partial charge in [0, 0.05) is 18.3 Å². The lowest BCUT2D eigenvalue weighted by Gasteiger charge is -2.22. The van der Waals surface area contributed by atoms with Crippen LogP contribution in [-0.2, 0) is 22.5 Å². The van der Waals surface area contributed by atoms with Gasteiger partial charge in [-0.25, -0.2) is 9.59 Å². The van der Waals surface area contributed by atoms with Crippen LogP contribution >= 0.6 is 11.3 Å². The van der Waals surface area contributed by atoms with Crippen molar-refractivity contribution in [2.45, 2.75) is 64.8 Å². The summed E-state index contributed by atoms with van der Waals surface area (Å²) in [6.07, 6.45) is 2.69. The van der Waals surface area contributed by atoms with Crippen LogP contribution in [0.1, 0.15) is 44.1 Å². The normalized spacial score (nSPS) is 12.8. The molecule has 7 nitrogen and oxygen atoms in total. The number of thiazole rings is 1. The van der Waals surface area contributed by atoms with Gasteiger partial charge in [-0.1, -0.05) is 30.3 Å². The first-order valence-electron chi connectivity index (χ1n) is 9.74. The van der Waals surface area contributed by atoms with E-state index in [1.54, 1.807) is 11.7 Å². The zero-order valence-electron chi connectivity index (χ0n) is 17.1. The Balaban J connectivity index is 1.81. The smallest absolute Gasteiger partial charge is 0.407 e. The molecule has 0 saturated heterocycles. The fourth-order valence-electron chi connectivity index (χ4n) is 2.75. The van der Waals surface area contributed by atoms with Crippen molar-refractivity contribution in [2.24, 2.45) is 0 Å². The first-order valence-corrected chi connectivity index (χ1v) is 10.6. The van der Waals surface area contributed by atoms with Crippen molar-refractivity contribution in [3.8, 4) is 0 Å². The second-order valence-electron chi connectivity index (χ2n) is 7.15. The molecule has 2 rings (SSSR count). The van der Waals surface area contributed by atoms with Gasteiger partial charge in [-0.05, 0) is 45.6 Å². The minimum absolute atomic E-state index is 0.0925. The maximum atomic E-state index is 12.0. The number of nitrogens with zero attached hydrogens (tertiary/aromatic N) is 1. The summed E-state index contributed by atoms with van der Waals surface area (Å²) in [6.45, 7) is 5.76. The van der Waals surface area contributed by atoms with Crippen LogP contribution in [0.5, 0.6) is 0 Å². The number of hydrogen-bond acceptors (Lipinski definition) is 6. The average Bonchev–Trinajstić information content (AvgIpc) is 3.18. The van der Waals surface area contributed by atoms with Gasteiger partial charge in [0.2, 0.25) is 0 Å². The van der Waals surface area contributed by atoms with Crippen molar-refractivity contribution < 1.29 is 19.1 Å². The van der Waals surface area contributed by atoms with Gasteiger partial charge in [-0.2, -0.15) is 0 Å². The van der Waals surface area contributed by atoms with E-state index < -0.39 is 12.2 Å². The van der Waals surface area contributed by atoms with Gasteiger partial charge in [0.15, 0.2) is 0 Å². The molecule has 0 fully saturated rings. The highest BCUT2D eigenvalue weighted by atomic mass is 32.1. The van der Waals surface area contributed by atoms with Gasteiger partial charge < -0.3 is 20.1 Å². The van der Waals surface area contributed by atoms with E-state index in [0.717, 1.165) is 10.4 Å². The van der Waals surface area contributed by atoms with E-state index in [1.807, 2.05) is 51.1 Å². The molecule has 158 valence electrons. The number of alkyl carbamates (subject to hydrolysis) is 2. The second kappa shape index (κ2) is 12.1. The number of benzene rings is 1. The minimum atomic E-state index is -0.460. The van der Waals surface area contributed by atoms with Crippen molar-refractivity contribution in [2.75, 3.05) is 0 Å². The Hall–Kier alpha value is -2.61. The highest BCUT2D eigenvalue weighted by Crippen LogP contribution is 2.11. The second-order valence-corrected chi connectivity index (χ2v) is 8.12. The van der Waals surface area contributed by atoms with E-state index in [9.17, 15) is 9.59 Å². The maximum absolute atomic E-state index is 12.0. The Morgan fingerprint density at radius 2 is 1.83 bits per heavy atom. The quantitative estimate of drug-likeness (QED) is 0.600. The molecule has 2 aromatic rings. The van der Waals surface area contributed by atoms with Gasteiger partial charge in [-0.15, -0.1) is 11.3 Å². The van der Waals surface area contributed by atoms with Gasteiger partial charge in [0.1, 0.15) is 6.61 Å². The molecule has 0 unspecified atom stereocenters. The number of ether oxygens (including phenoxy) is 2. The van der Waals surface area contributed by atoms with Crippen LogP contribution in [0, 0.1) is 0 Å². The fraction of sp³-hybridized carbons (Fsp3) is 0.476. The molecule has 0 spiro atoms. The highest BCUT2D eigenvalue weighted by molar-refractivity contribution is 7.09. The number of rotatable bonds is 10. The molecule has 8 heteroatoms. The van der Waals surface area contributed by atoms with Gasteiger partial charge >= 0.3 is 12.2 Å². The van der Waals surface area contributed by atoms with Gasteiger partial charge in [-0.3, -0.25) is 4.98 Å². The molecule has 0 aliphatic carbocycles. The Morgan fingerprint density at radius 1 is 1.07 bits per heavy atom. The molecular formula is C21H29N3O4S. The largest absolute Gasteiger partial charge is 0.447 e. The van der Waals surface area contributed by atoms with Gasteiger partial charge in [0.25, 0.3) is 0 Å². The summed E-state index contributed by atoms with van der Waals surface area (Å²) in [4.78, 5) is 28.8. The van der Waals surface area contributed by atoms with Crippen LogP contribution in [0.25, 0.3) is 0 Å². The number of carbonyl (C=O) groups is 2. The Morgan fingerprint density at radius 3 is 2.48 bits per heavy atom. The van der Waals surface area contributed by atoms with Crippen molar-refractivity contribution in [1.82, 2.24) is 15.6 Å². The molecular weight excluding hydrogens is 390 g/mol. The van der Waals surface area contributed by atoms with E-state index in [2.05, 4.69) is 15.6 Å². The van der Waals surface area contributed by atoms with Crippen molar-refractivity contribution >= 4 is 23.5 Å². The molecule has 0 bridgehead atoms. The first kappa shape index (κ1) is 22.7. The lowest BCUT2D eigenvalue weighted by molar-refractivity contribution is 0.111. The predicted molar refractivity (Wildman–Crippen MR) is 113 cm³/mol. The van der Waals surface area contributed by atoms with E-state index >= 15 is 0 Å². The third-order valence-electron chi connectivity index (χ3n) is 4.13. The third-order valence-corrected chi connectivity index (χ3v) is 4.88. The number of aromatic nitrogens is 1. The summed E-state index contributed by atoms with van der Waals surface area (Å²) in [5, 5.41) is 5.76. The Kier molecular flexibility index (Phi) is 9.43. The molecule has 0 aliphatic rings. The molecule has 2 atom stereocenters. The van der Waals surface area contributed by atoms with Crippen LogP contribution in [0.2, 0.25) is 0 Å². The summed E-state index contributed by atoms with van der Waals surface area (Å²) in [7, 11) is 0. The minimum Gasteiger partial charge on any atom is -0.447 e. The molecule has 0 radical (unpaired) electrons. The zero-order valence-corrected chi connectivity index (χ0v) is 17.9. The maximum Gasteiger partial charge on any atom is 0.407 e. The third kappa shape index (κ3) is 9.43. The Labute approximate surface area is 175 Å². The lowest BCUT2D eigenvalue weighted by atomic mass is 10.00. The molecule has 0 aliphatic heterocycles. The topological polar surface area (TPSA) is 89.6 Å². The zero-order chi connectivity index (χ0) is 21.1. The standard InChI is InChI=1S/C21H29N3O4S/c1-15(2)28-21(26)24-18(11-17-7-5-4-6-8-17)10-9-16(3)23-20(25)27-13-19-12-22-14-29-19/h4-8,12,14-16,18H,9-11,13H2,1-3H3,(H,23,25)(H,24,26)/t16-,18+/m0/s1. The predicted octanol–water partition coefficient (Wildman–Crippen LogP) is 4.28. The highest BCUT2D eigenvalue weighted by Gasteiger charge is 2.17. The van der Waals surface area contributed by atoms with Crippen molar-refractivity contribution in [3.05, 3.63) is 52.5 Å². The molecule has 2 amide bonds. The average molecular weight is 420 g/mol. The number of amides is 2. The van der Waals surface area contributed by atoms with Crippen LogP contribution in [0.3, 0.4) is 0 Å². The summed E-state index contributed by atoms with van der Waals surface area (Å²) in [6, 6.07) is 9.78. The number of nitrogens with one attached hydrogen (secondary N) is 2. The van der Waals surface area contributed by atoms with Crippen LogP contribution in [-0.4, -0.2) is 35.4 Å². The Bertz CT molecular complexity index is 738. The molecule has 1 aromatic carbocycles. The van der Waals surface area contributed by atoms with Gasteiger partial charge in [0.05, 0.1) is 16.5 Å². The monoisotopic (exact) mass is 419 g/mol.